The van der Waals surface area contributed by atoms with Gasteiger partial charge in [-0.3, -0.25) is 4.79 Å². The Hall–Kier alpha value is -0.870. The maximum atomic E-state index is 12.4. The number of amides is 1. The minimum absolute atomic E-state index is 0.00362. The van der Waals surface area contributed by atoms with Gasteiger partial charge in [-0.25, -0.2) is 0 Å². The number of carbonyl (C=O) groups excluding carboxylic acids is 1. The smallest absolute Gasteiger partial charge is 0.225 e. The molecule has 0 spiro atoms. The van der Waals surface area contributed by atoms with Gasteiger partial charge in [0.1, 0.15) is 0 Å². The van der Waals surface area contributed by atoms with Gasteiger partial charge >= 0.3 is 0 Å². The van der Waals surface area contributed by atoms with Gasteiger partial charge in [0.15, 0.2) is 0 Å². The molecule has 1 fully saturated rings. The second-order valence-corrected chi connectivity index (χ2v) is 6.51. The average molecular weight is 339 g/mol. The van der Waals surface area contributed by atoms with Crippen molar-refractivity contribution in [2.45, 2.75) is 51.1 Å². The normalized spacial score (nSPS) is 24.8. The molecule has 2 unspecified atom stereocenters. The van der Waals surface area contributed by atoms with E-state index in [4.69, 9.17) is 5.73 Å². The molecule has 0 radical (unpaired) electrons. The van der Waals surface area contributed by atoms with Crippen LogP contribution in [0.1, 0.15) is 50.6 Å². The van der Waals surface area contributed by atoms with Crippen molar-refractivity contribution in [3.63, 3.8) is 0 Å². The van der Waals surface area contributed by atoms with Crippen molar-refractivity contribution in [2.75, 3.05) is 0 Å². The molecule has 3 N–H and O–H groups in total. The predicted molar refractivity (Wildman–Crippen MR) is 85.3 cm³/mol. The first-order valence-corrected chi connectivity index (χ1v) is 8.19. The first-order valence-electron chi connectivity index (χ1n) is 7.40. The van der Waals surface area contributed by atoms with E-state index >= 15 is 0 Å². The first kappa shape index (κ1) is 15.5. The highest BCUT2D eigenvalue weighted by molar-refractivity contribution is 9.10. The van der Waals surface area contributed by atoms with Gasteiger partial charge in [0.25, 0.3) is 0 Å². The molecule has 110 valence electrons. The molecule has 0 bridgehead atoms. The molecule has 1 saturated carbocycles. The number of benzene rings is 1. The number of nitrogens with two attached hydrogens (primary N) is 1. The highest BCUT2D eigenvalue weighted by Gasteiger charge is 2.28. The van der Waals surface area contributed by atoms with Gasteiger partial charge in [-0.1, -0.05) is 53.4 Å². The van der Waals surface area contributed by atoms with Crippen molar-refractivity contribution >= 4 is 21.8 Å². The summed E-state index contributed by atoms with van der Waals surface area (Å²) in [4.78, 5) is 12.4. The minimum Gasteiger partial charge on any atom is -0.349 e. The van der Waals surface area contributed by atoms with E-state index in [1.54, 1.807) is 0 Å². The molecule has 3 nitrogen and oxygen atoms in total. The minimum atomic E-state index is -0.0394. The topological polar surface area (TPSA) is 55.1 Å². The van der Waals surface area contributed by atoms with Gasteiger partial charge in [0.05, 0.1) is 12.0 Å². The molecule has 0 saturated heterocycles. The summed E-state index contributed by atoms with van der Waals surface area (Å²) in [6.45, 7) is 2.01. The fraction of sp³-hybridized carbons (Fsp3) is 0.562. The summed E-state index contributed by atoms with van der Waals surface area (Å²) < 4.78 is 1.03. The summed E-state index contributed by atoms with van der Waals surface area (Å²) in [5.41, 5.74) is 7.25. The second kappa shape index (κ2) is 7.23. The van der Waals surface area contributed by atoms with Gasteiger partial charge in [-0.15, -0.1) is 0 Å². The molecule has 3 atom stereocenters. The first-order chi connectivity index (χ1) is 9.59. The molecule has 1 aromatic carbocycles. The Morgan fingerprint density at radius 1 is 1.30 bits per heavy atom. The molecule has 1 aromatic rings. The third-order valence-corrected chi connectivity index (χ3v) is 4.86. The number of hydrogen-bond donors (Lipinski definition) is 2. The lowest BCUT2D eigenvalue weighted by atomic mass is 9.94. The standard InChI is InChI=1S/C16H23BrN2O/c1-11(12-7-5-6-9-14(12)17)19-16(20)13-8-3-2-4-10-15(13)18/h5-7,9,11,13,15H,2-4,8,10,18H2,1H3,(H,19,20)/t11-,13?,15?/m0/s1. The molecule has 0 aromatic heterocycles. The molecule has 0 aliphatic heterocycles. The van der Waals surface area contributed by atoms with Crippen LogP contribution in [0.4, 0.5) is 0 Å². The van der Waals surface area contributed by atoms with E-state index in [-0.39, 0.29) is 23.9 Å². The highest BCUT2D eigenvalue weighted by atomic mass is 79.9. The zero-order chi connectivity index (χ0) is 14.5. The molecule has 0 heterocycles. The summed E-state index contributed by atoms with van der Waals surface area (Å²) in [5.74, 6) is 0.0603. The van der Waals surface area contributed by atoms with Crippen LogP contribution in [0.15, 0.2) is 28.7 Å². The third kappa shape index (κ3) is 3.83. The van der Waals surface area contributed by atoms with Crippen molar-refractivity contribution in [2.24, 2.45) is 11.7 Å². The Kier molecular flexibility index (Phi) is 5.61. The van der Waals surface area contributed by atoms with E-state index < -0.39 is 0 Å². The van der Waals surface area contributed by atoms with Crippen molar-refractivity contribution in [1.82, 2.24) is 5.32 Å². The van der Waals surface area contributed by atoms with Crippen LogP contribution in [-0.4, -0.2) is 11.9 Å². The van der Waals surface area contributed by atoms with E-state index in [1.165, 1.54) is 6.42 Å². The van der Waals surface area contributed by atoms with Crippen molar-refractivity contribution in [3.8, 4) is 0 Å². The molecule has 1 aliphatic rings. The fourth-order valence-corrected chi connectivity index (χ4v) is 3.51. The van der Waals surface area contributed by atoms with Crippen molar-refractivity contribution < 1.29 is 4.79 Å². The average Bonchev–Trinajstić information content (AvgIpc) is 2.63. The Morgan fingerprint density at radius 3 is 2.75 bits per heavy atom. The van der Waals surface area contributed by atoms with E-state index in [0.29, 0.717) is 0 Å². The van der Waals surface area contributed by atoms with E-state index in [9.17, 15) is 4.79 Å². The fourth-order valence-electron chi connectivity index (χ4n) is 2.89. The summed E-state index contributed by atoms with van der Waals surface area (Å²) >= 11 is 3.53. The molecule has 20 heavy (non-hydrogen) atoms. The Bertz CT molecular complexity index is 464. The molecule has 1 amide bonds. The predicted octanol–water partition coefficient (Wildman–Crippen LogP) is 3.53. The molecule has 1 aliphatic carbocycles. The highest BCUT2D eigenvalue weighted by Crippen LogP contribution is 2.26. The van der Waals surface area contributed by atoms with Crippen LogP contribution in [-0.2, 0) is 4.79 Å². The molecule has 2 rings (SSSR count). The summed E-state index contributed by atoms with van der Waals surface area (Å²) in [7, 11) is 0. The van der Waals surface area contributed by atoms with Crippen LogP contribution in [0, 0.1) is 5.92 Å². The SMILES string of the molecule is C[C@H](NC(=O)C1CCCCCC1N)c1ccccc1Br. The summed E-state index contributed by atoms with van der Waals surface area (Å²) in [6.07, 6.45) is 5.31. The zero-order valence-corrected chi connectivity index (χ0v) is 13.5. The van der Waals surface area contributed by atoms with Gasteiger partial charge in [-0.05, 0) is 31.4 Å². The zero-order valence-electron chi connectivity index (χ0n) is 11.9. The second-order valence-electron chi connectivity index (χ2n) is 5.66. The summed E-state index contributed by atoms with van der Waals surface area (Å²) in [6, 6.07) is 7.98. The van der Waals surface area contributed by atoms with Crippen molar-refractivity contribution in [1.29, 1.82) is 0 Å². The van der Waals surface area contributed by atoms with Crippen LogP contribution < -0.4 is 11.1 Å². The number of hydrogen-bond acceptors (Lipinski definition) is 2. The Balaban J connectivity index is 2.01. The van der Waals surface area contributed by atoms with Gasteiger partial charge < -0.3 is 11.1 Å². The van der Waals surface area contributed by atoms with E-state index in [1.807, 2.05) is 31.2 Å². The van der Waals surface area contributed by atoms with Gasteiger partial charge in [0, 0.05) is 10.5 Å². The van der Waals surface area contributed by atoms with Gasteiger partial charge in [0.2, 0.25) is 5.91 Å². The van der Waals surface area contributed by atoms with Crippen LogP contribution >= 0.6 is 15.9 Å². The van der Waals surface area contributed by atoms with Crippen LogP contribution in [0.3, 0.4) is 0 Å². The maximum absolute atomic E-state index is 12.4. The maximum Gasteiger partial charge on any atom is 0.225 e. The number of carbonyl (C=O) groups is 1. The molecular formula is C16H23BrN2O. The van der Waals surface area contributed by atoms with Crippen LogP contribution in [0.25, 0.3) is 0 Å². The van der Waals surface area contributed by atoms with E-state index in [2.05, 4.69) is 21.2 Å². The monoisotopic (exact) mass is 338 g/mol. The van der Waals surface area contributed by atoms with Crippen molar-refractivity contribution in [3.05, 3.63) is 34.3 Å². The Morgan fingerprint density at radius 2 is 2.00 bits per heavy atom. The van der Waals surface area contributed by atoms with E-state index in [0.717, 1.165) is 35.7 Å². The molecule has 4 heteroatoms. The lowest BCUT2D eigenvalue weighted by molar-refractivity contribution is -0.126. The molecular weight excluding hydrogens is 316 g/mol. The quantitative estimate of drug-likeness (QED) is 0.828. The number of nitrogens with one attached hydrogen (secondary N) is 1. The number of rotatable bonds is 3. The summed E-state index contributed by atoms with van der Waals surface area (Å²) in [5, 5.41) is 3.12. The van der Waals surface area contributed by atoms with Crippen LogP contribution in [0.2, 0.25) is 0 Å². The Labute approximate surface area is 129 Å². The van der Waals surface area contributed by atoms with Crippen LogP contribution in [0.5, 0.6) is 0 Å². The third-order valence-electron chi connectivity index (χ3n) is 4.14. The lowest BCUT2D eigenvalue weighted by Crippen LogP contribution is -2.42. The number of halogens is 1. The largest absolute Gasteiger partial charge is 0.349 e. The van der Waals surface area contributed by atoms with Gasteiger partial charge in [-0.2, -0.15) is 0 Å². The lowest BCUT2D eigenvalue weighted by Gasteiger charge is -2.23.